The fraction of sp³-hybridized carbons (Fsp3) is 0.556. The van der Waals surface area contributed by atoms with E-state index in [0.29, 0.717) is 6.54 Å². The van der Waals surface area contributed by atoms with Crippen molar-refractivity contribution in [2.45, 2.75) is 25.8 Å². The molecule has 1 atom stereocenters. The number of rotatable bonds is 0. The lowest BCUT2D eigenvalue weighted by atomic mass is 10.2. The summed E-state index contributed by atoms with van der Waals surface area (Å²) in [6, 6.07) is -0.200. The average molecular weight is 181 g/mol. The van der Waals surface area contributed by atoms with Gasteiger partial charge in [-0.25, -0.2) is 4.79 Å². The zero-order valence-electron chi connectivity index (χ0n) is 7.41. The maximum atomic E-state index is 11.0. The average Bonchev–Trinajstić information content (AvgIpc) is 2.47. The molecule has 0 spiro atoms. The summed E-state index contributed by atoms with van der Waals surface area (Å²) in [4.78, 5) is 22.8. The van der Waals surface area contributed by atoms with Gasteiger partial charge in [0.25, 0.3) is 0 Å². The normalized spacial score (nSPS) is 20.7. The Balaban J connectivity index is 2.65. The molecular weight excluding hydrogens is 170 g/mol. The number of amides is 1. The molecule has 0 aromatic rings. The van der Waals surface area contributed by atoms with Crippen molar-refractivity contribution in [3.8, 4) is 11.8 Å². The van der Waals surface area contributed by atoms with Crippen LogP contribution in [-0.2, 0) is 9.59 Å². The third-order valence-electron chi connectivity index (χ3n) is 2.00. The van der Waals surface area contributed by atoms with Gasteiger partial charge < -0.3 is 10.0 Å². The third kappa shape index (κ3) is 2.48. The quantitative estimate of drug-likeness (QED) is 0.538. The minimum atomic E-state index is -1.14. The number of carbonyl (C=O) groups is 2. The summed E-state index contributed by atoms with van der Waals surface area (Å²) in [5.74, 6) is 3.43. The highest BCUT2D eigenvalue weighted by Gasteiger charge is 2.24. The number of carboxylic acids is 1. The molecule has 1 aliphatic heterocycles. The van der Waals surface area contributed by atoms with Crippen LogP contribution in [0.4, 0.5) is 0 Å². The third-order valence-corrected chi connectivity index (χ3v) is 2.00. The highest BCUT2D eigenvalue weighted by Crippen LogP contribution is 2.15. The molecule has 1 heterocycles. The van der Waals surface area contributed by atoms with Gasteiger partial charge in [0, 0.05) is 19.4 Å². The number of carboxylic acid groups (broad SMARTS) is 1. The Morgan fingerprint density at radius 2 is 2.23 bits per heavy atom. The highest BCUT2D eigenvalue weighted by atomic mass is 16.4. The molecule has 13 heavy (non-hydrogen) atoms. The second-order valence-electron chi connectivity index (χ2n) is 2.94. The van der Waals surface area contributed by atoms with Crippen LogP contribution in [0.1, 0.15) is 19.8 Å². The van der Waals surface area contributed by atoms with Crippen molar-refractivity contribution in [1.82, 2.24) is 4.90 Å². The highest BCUT2D eigenvalue weighted by molar-refractivity contribution is 5.86. The van der Waals surface area contributed by atoms with Crippen molar-refractivity contribution < 1.29 is 14.7 Å². The van der Waals surface area contributed by atoms with Gasteiger partial charge in [0.1, 0.15) is 0 Å². The molecule has 0 saturated carbocycles. The Morgan fingerprint density at radius 3 is 2.77 bits per heavy atom. The van der Waals surface area contributed by atoms with Gasteiger partial charge in [-0.05, 0) is 12.8 Å². The van der Waals surface area contributed by atoms with E-state index in [9.17, 15) is 9.59 Å². The molecule has 0 radical (unpaired) electrons. The first-order valence-electron chi connectivity index (χ1n) is 4.13. The number of carbonyl (C=O) groups excluding carboxylic acids is 1. The van der Waals surface area contributed by atoms with E-state index in [1.54, 1.807) is 4.90 Å². The number of nitrogens with zero attached hydrogens (tertiary/aromatic N) is 1. The molecule has 1 fully saturated rings. The summed E-state index contributed by atoms with van der Waals surface area (Å²) in [5.41, 5.74) is 0. The zero-order valence-corrected chi connectivity index (χ0v) is 7.41. The molecule has 1 saturated heterocycles. The van der Waals surface area contributed by atoms with Gasteiger partial charge in [0.05, 0.1) is 6.04 Å². The van der Waals surface area contributed by atoms with Crippen LogP contribution in [-0.4, -0.2) is 34.5 Å². The van der Waals surface area contributed by atoms with Crippen molar-refractivity contribution in [2.24, 2.45) is 0 Å². The summed E-state index contributed by atoms with van der Waals surface area (Å²) < 4.78 is 0. The predicted octanol–water partition coefficient (Wildman–Crippen LogP) is 0.0853. The smallest absolute Gasteiger partial charge is 0.381 e. The van der Waals surface area contributed by atoms with Gasteiger partial charge >= 0.3 is 5.97 Å². The van der Waals surface area contributed by atoms with Crippen LogP contribution >= 0.6 is 0 Å². The zero-order chi connectivity index (χ0) is 9.84. The summed E-state index contributed by atoms with van der Waals surface area (Å²) in [6.07, 6.45) is 1.68. The number of hydrogen-bond donors (Lipinski definition) is 1. The summed E-state index contributed by atoms with van der Waals surface area (Å²) in [6.45, 7) is 2.16. The van der Waals surface area contributed by atoms with Gasteiger partial charge in [-0.3, -0.25) is 4.79 Å². The van der Waals surface area contributed by atoms with Crippen LogP contribution < -0.4 is 0 Å². The lowest BCUT2D eigenvalue weighted by Crippen LogP contribution is -2.32. The van der Waals surface area contributed by atoms with E-state index in [-0.39, 0.29) is 11.9 Å². The Bertz CT molecular complexity index is 287. The van der Waals surface area contributed by atoms with E-state index >= 15 is 0 Å². The van der Waals surface area contributed by atoms with Crippen LogP contribution in [0.25, 0.3) is 0 Å². The molecule has 1 rings (SSSR count). The Labute approximate surface area is 76.5 Å². The molecule has 0 aromatic carbocycles. The van der Waals surface area contributed by atoms with Crippen molar-refractivity contribution in [3.63, 3.8) is 0 Å². The minimum Gasteiger partial charge on any atom is -0.472 e. The van der Waals surface area contributed by atoms with Gasteiger partial charge in [-0.2, -0.15) is 0 Å². The van der Waals surface area contributed by atoms with E-state index in [4.69, 9.17) is 5.11 Å². The van der Waals surface area contributed by atoms with Crippen molar-refractivity contribution in [1.29, 1.82) is 0 Å². The van der Waals surface area contributed by atoms with Gasteiger partial charge in [-0.1, -0.05) is 5.92 Å². The lowest BCUT2D eigenvalue weighted by Gasteiger charge is -2.17. The number of likely N-dealkylation sites (tertiary alicyclic amines) is 1. The Morgan fingerprint density at radius 1 is 1.54 bits per heavy atom. The molecule has 0 aromatic heterocycles. The maximum absolute atomic E-state index is 11.0. The Hall–Kier alpha value is -1.50. The SMILES string of the molecule is CC(=O)N1CCCC1C#CC(=O)O. The molecule has 1 N–H and O–H groups in total. The topological polar surface area (TPSA) is 57.6 Å². The van der Waals surface area contributed by atoms with E-state index in [0.717, 1.165) is 12.8 Å². The second-order valence-corrected chi connectivity index (χ2v) is 2.94. The van der Waals surface area contributed by atoms with E-state index < -0.39 is 5.97 Å². The first kappa shape index (κ1) is 9.59. The molecule has 1 amide bonds. The molecule has 0 bridgehead atoms. The second kappa shape index (κ2) is 3.94. The number of hydrogen-bond acceptors (Lipinski definition) is 2. The number of aliphatic carboxylic acids is 1. The summed E-state index contributed by atoms with van der Waals surface area (Å²) in [5, 5.41) is 8.32. The predicted molar refractivity (Wildman–Crippen MR) is 45.8 cm³/mol. The van der Waals surface area contributed by atoms with E-state index in [1.807, 2.05) is 5.92 Å². The monoisotopic (exact) mass is 181 g/mol. The molecular formula is C9H11NO3. The van der Waals surface area contributed by atoms with Crippen LogP contribution in [0.15, 0.2) is 0 Å². The maximum Gasteiger partial charge on any atom is 0.381 e. The molecule has 4 nitrogen and oxygen atoms in total. The first-order valence-corrected chi connectivity index (χ1v) is 4.13. The van der Waals surface area contributed by atoms with Crippen LogP contribution in [0, 0.1) is 11.8 Å². The largest absolute Gasteiger partial charge is 0.472 e. The van der Waals surface area contributed by atoms with Crippen molar-refractivity contribution in [3.05, 3.63) is 0 Å². The standard InChI is InChI=1S/C9H11NO3/c1-7(11)10-6-2-3-8(10)4-5-9(12)13/h8H,2-3,6H2,1H3,(H,12,13). The van der Waals surface area contributed by atoms with Gasteiger partial charge in [0.15, 0.2) is 0 Å². The van der Waals surface area contributed by atoms with Gasteiger partial charge in [-0.15, -0.1) is 0 Å². The first-order chi connectivity index (χ1) is 6.11. The van der Waals surface area contributed by atoms with Crippen molar-refractivity contribution >= 4 is 11.9 Å². The lowest BCUT2D eigenvalue weighted by molar-refractivity contribution is -0.131. The molecule has 70 valence electrons. The molecule has 1 unspecified atom stereocenters. The summed E-state index contributed by atoms with van der Waals surface area (Å²) >= 11 is 0. The molecule has 0 aliphatic carbocycles. The Kier molecular flexibility index (Phi) is 2.91. The molecule has 1 aliphatic rings. The van der Waals surface area contributed by atoms with Crippen LogP contribution in [0.3, 0.4) is 0 Å². The van der Waals surface area contributed by atoms with Gasteiger partial charge in [0.2, 0.25) is 5.91 Å². The van der Waals surface area contributed by atoms with Crippen LogP contribution in [0.5, 0.6) is 0 Å². The fourth-order valence-corrected chi connectivity index (χ4v) is 1.44. The van der Waals surface area contributed by atoms with Crippen molar-refractivity contribution in [2.75, 3.05) is 6.54 Å². The minimum absolute atomic E-state index is 0.0396. The summed E-state index contributed by atoms with van der Waals surface area (Å²) in [7, 11) is 0. The molecule has 4 heteroatoms. The van der Waals surface area contributed by atoms with Crippen LogP contribution in [0.2, 0.25) is 0 Å². The fourth-order valence-electron chi connectivity index (χ4n) is 1.44. The van der Waals surface area contributed by atoms with E-state index in [2.05, 4.69) is 5.92 Å². The van der Waals surface area contributed by atoms with E-state index in [1.165, 1.54) is 6.92 Å².